The normalized spacial score (nSPS) is 12.6. The summed E-state index contributed by atoms with van der Waals surface area (Å²) in [5, 5.41) is 0. The van der Waals surface area contributed by atoms with Crippen molar-refractivity contribution in [1.29, 1.82) is 0 Å². The fourth-order valence-corrected chi connectivity index (χ4v) is 1.87. The molecule has 1 aromatic rings. The highest BCUT2D eigenvalue weighted by atomic mass is 127. The van der Waals surface area contributed by atoms with E-state index in [9.17, 15) is 0 Å². The lowest BCUT2D eigenvalue weighted by atomic mass is 10.1. The van der Waals surface area contributed by atoms with E-state index in [2.05, 4.69) is 28.7 Å². The maximum absolute atomic E-state index is 5.73. The van der Waals surface area contributed by atoms with Crippen LogP contribution in [0.3, 0.4) is 0 Å². The Morgan fingerprint density at radius 2 is 2.23 bits per heavy atom. The van der Waals surface area contributed by atoms with Gasteiger partial charge in [0.15, 0.2) is 0 Å². The molecule has 0 aliphatic carbocycles. The molecular weight excluding hydrogens is 277 g/mol. The van der Waals surface area contributed by atoms with Gasteiger partial charge in [0.05, 0.1) is 7.11 Å². The predicted molar refractivity (Wildman–Crippen MR) is 63.1 cm³/mol. The van der Waals surface area contributed by atoms with Crippen LogP contribution in [0, 0.1) is 3.57 Å². The van der Waals surface area contributed by atoms with Gasteiger partial charge >= 0.3 is 0 Å². The molecule has 0 heterocycles. The Balaban J connectivity index is 2.85. The molecule has 0 spiro atoms. The van der Waals surface area contributed by atoms with Gasteiger partial charge in [0.2, 0.25) is 0 Å². The molecule has 1 unspecified atom stereocenters. The highest BCUT2D eigenvalue weighted by Gasteiger charge is 2.03. The second-order valence-electron chi connectivity index (χ2n) is 3.14. The van der Waals surface area contributed by atoms with E-state index in [1.165, 1.54) is 9.13 Å². The van der Waals surface area contributed by atoms with Gasteiger partial charge in [-0.25, -0.2) is 0 Å². The van der Waals surface area contributed by atoms with Crippen LogP contribution >= 0.6 is 22.6 Å². The van der Waals surface area contributed by atoms with Crippen LogP contribution in [-0.2, 0) is 6.42 Å². The van der Waals surface area contributed by atoms with Gasteiger partial charge in [-0.2, -0.15) is 0 Å². The number of nitrogens with two attached hydrogens (primary N) is 1. The molecule has 72 valence electrons. The summed E-state index contributed by atoms with van der Waals surface area (Å²) in [7, 11) is 1.68. The van der Waals surface area contributed by atoms with Gasteiger partial charge in [-0.15, -0.1) is 0 Å². The van der Waals surface area contributed by atoms with Crippen molar-refractivity contribution in [2.75, 3.05) is 7.11 Å². The fraction of sp³-hybridized carbons (Fsp3) is 0.400. The van der Waals surface area contributed by atoms with Crippen LogP contribution in [0.5, 0.6) is 5.75 Å². The minimum atomic E-state index is 0.210. The molecule has 1 atom stereocenters. The van der Waals surface area contributed by atoms with Gasteiger partial charge in [-0.05, 0) is 53.6 Å². The molecule has 0 bridgehead atoms. The monoisotopic (exact) mass is 291 g/mol. The van der Waals surface area contributed by atoms with Crippen LogP contribution in [0.2, 0.25) is 0 Å². The lowest BCUT2D eigenvalue weighted by Crippen LogP contribution is -2.18. The minimum absolute atomic E-state index is 0.210. The van der Waals surface area contributed by atoms with Gasteiger partial charge < -0.3 is 10.5 Å². The molecule has 13 heavy (non-hydrogen) atoms. The molecule has 2 nitrogen and oxygen atoms in total. The molecule has 0 saturated heterocycles. The molecule has 1 aromatic carbocycles. The van der Waals surface area contributed by atoms with E-state index in [4.69, 9.17) is 10.5 Å². The van der Waals surface area contributed by atoms with Crippen LogP contribution in [0.25, 0.3) is 0 Å². The Kier molecular flexibility index (Phi) is 3.99. The average molecular weight is 291 g/mol. The van der Waals surface area contributed by atoms with Crippen molar-refractivity contribution in [2.45, 2.75) is 19.4 Å². The second kappa shape index (κ2) is 4.81. The van der Waals surface area contributed by atoms with Gasteiger partial charge in [0.25, 0.3) is 0 Å². The van der Waals surface area contributed by atoms with Crippen molar-refractivity contribution >= 4 is 22.6 Å². The Morgan fingerprint density at radius 1 is 1.54 bits per heavy atom. The summed E-state index contributed by atoms with van der Waals surface area (Å²) in [5.74, 6) is 0.901. The fourth-order valence-electron chi connectivity index (χ4n) is 1.17. The summed E-state index contributed by atoms with van der Waals surface area (Å²) in [6, 6.07) is 6.28. The molecule has 0 fully saturated rings. The van der Waals surface area contributed by atoms with Gasteiger partial charge in [0, 0.05) is 9.61 Å². The smallest absolute Gasteiger partial charge is 0.119 e. The van der Waals surface area contributed by atoms with E-state index in [-0.39, 0.29) is 6.04 Å². The minimum Gasteiger partial charge on any atom is -0.497 e. The van der Waals surface area contributed by atoms with Crippen molar-refractivity contribution < 1.29 is 4.74 Å². The summed E-state index contributed by atoms with van der Waals surface area (Å²) in [4.78, 5) is 0. The molecule has 3 heteroatoms. The summed E-state index contributed by atoms with van der Waals surface area (Å²) in [6.45, 7) is 2.01. The second-order valence-corrected chi connectivity index (χ2v) is 4.30. The lowest BCUT2D eigenvalue weighted by Gasteiger charge is -2.08. The first kappa shape index (κ1) is 10.8. The Labute approximate surface area is 92.6 Å². The molecule has 0 amide bonds. The third-order valence-corrected chi connectivity index (χ3v) is 2.81. The van der Waals surface area contributed by atoms with Gasteiger partial charge in [0.1, 0.15) is 5.75 Å². The molecule has 0 aliphatic rings. The molecule has 0 aliphatic heterocycles. The first-order valence-electron chi connectivity index (χ1n) is 4.21. The number of ether oxygens (including phenoxy) is 1. The first-order valence-corrected chi connectivity index (χ1v) is 5.29. The Hall–Kier alpha value is -0.290. The van der Waals surface area contributed by atoms with Crippen molar-refractivity contribution in [2.24, 2.45) is 5.73 Å². The number of halogens is 1. The van der Waals surface area contributed by atoms with Crippen LogP contribution < -0.4 is 10.5 Å². The summed E-state index contributed by atoms with van der Waals surface area (Å²) >= 11 is 2.31. The standard InChI is InChI=1S/C10H14INO/c1-7(12)5-8-3-4-9(13-2)6-10(8)11/h3-4,6-7H,5,12H2,1-2H3. The van der Waals surface area contributed by atoms with Crippen molar-refractivity contribution in [1.82, 2.24) is 0 Å². The van der Waals surface area contributed by atoms with Crippen LogP contribution in [0.15, 0.2) is 18.2 Å². The number of rotatable bonds is 3. The Bertz CT molecular complexity index is 286. The van der Waals surface area contributed by atoms with Crippen molar-refractivity contribution in [3.63, 3.8) is 0 Å². The highest BCUT2D eigenvalue weighted by Crippen LogP contribution is 2.20. The zero-order chi connectivity index (χ0) is 9.84. The summed E-state index contributed by atoms with van der Waals surface area (Å²) < 4.78 is 6.34. The number of methoxy groups -OCH3 is 1. The Morgan fingerprint density at radius 3 is 2.69 bits per heavy atom. The quantitative estimate of drug-likeness (QED) is 0.866. The van der Waals surface area contributed by atoms with Gasteiger partial charge in [-0.3, -0.25) is 0 Å². The number of hydrogen-bond acceptors (Lipinski definition) is 2. The van der Waals surface area contributed by atoms with E-state index in [1.807, 2.05) is 19.1 Å². The molecule has 0 saturated carbocycles. The maximum atomic E-state index is 5.73. The lowest BCUT2D eigenvalue weighted by molar-refractivity contribution is 0.414. The van der Waals surface area contributed by atoms with E-state index in [0.29, 0.717) is 0 Å². The first-order chi connectivity index (χ1) is 6.13. The SMILES string of the molecule is COc1ccc(CC(C)N)c(I)c1. The molecule has 0 aromatic heterocycles. The van der Waals surface area contributed by atoms with Crippen molar-refractivity contribution in [3.8, 4) is 5.75 Å². The third-order valence-electron chi connectivity index (χ3n) is 1.80. The summed E-state index contributed by atoms with van der Waals surface area (Å²) in [6.07, 6.45) is 0.919. The zero-order valence-corrected chi connectivity index (χ0v) is 10.0. The maximum Gasteiger partial charge on any atom is 0.119 e. The van der Waals surface area contributed by atoms with Gasteiger partial charge in [-0.1, -0.05) is 6.07 Å². The third kappa shape index (κ3) is 3.15. The molecule has 1 rings (SSSR count). The van der Waals surface area contributed by atoms with Crippen molar-refractivity contribution in [3.05, 3.63) is 27.3 Å². The molecule has 0 radical (unpaired) electrons. The predicted octanol–water partition coefficient (Wildman–Crippen LogP) is 2.19. The molecule has 2 N–H and O–H groups in total. The van der Waals surface area contributed by atoms with E-state index < -0.39 is 0 Å². The largest absolute Gasteiger partial charge is 0.497 e. The van der Waals surface area contributed by atoms with Crippen LogP contribution in [0.4, 0.5) is 0 Å². The van der Waals surface area contributed by atoms with E-state index in [0.717, 1.165) is 12.2 Å². The van der Waals surface area contributed by atoms with Crippen LogP contribution in [-0.4, -0.2) is 13.2 Å². The number of hydrogen-bond donors (Lipinski definition) is 1. The van der Waals surface area contributed by atoms with Crippen LogP contribution in [0.1, 0.15) is 12.5 Å². The summed E-state index contributed by atoms with van der Waals surface area (Å²) in [5.41, 5.74) is 7.02. The average Bonchev–Trinajstić information content (AvgIpc) is 2.08. The topological polar surface area (TPSA) is 35.2 Å². The van der Waals surface area contributed by atoms with E-state index >= 15 is 0 Å². The number of benzene rings is 1. The highest BCUT2D eigenvalue weighted by molar-refractivity contribution is 14.1. The molecular formula is C10H14INO. The van der Waals surface area contributed by atoms with E-state index in [1.54, 1.807) is 7.11 Å². The zero-order valence-electron chi connectivity index (χ0n) is 7.88.